The molecule has 6 nitrogen and oxygen atoms in total. The van der Waals surface area contributed by atoms with Crippen LogP contribution in [0.15, 0.2) is 12.1 Å². The number of halogens is 1. The lowest BCUT2D eigenvalue weighted by Gasteiger charge is -2.38. The molecule has 2 aliphatic rings. The highest BCUT2D eigenvalue weighted by Gasteiger charge is 2.33. The Hall–Kier alpha value is -1.63. The predicted octanol–water partition coefficient (Wildman–Crippen LogP) is 1.15. The van der Waals surface area contributed by atoms with Gasteiger partial charge in [-0.1, -0.05) is 11.6 Å². The van der Waals surface area contributed by atoms with E-state index in [1.165, 1.54) is 0 Å². The molecule has 1 aromatic carbocycles. The Bertz CT molecular complexity index is 614. The molecule has 1 aromatic rings. The van der Waals surface area contributed by atoms with Gasteiger partial charge < -0.3 is 20.7 Å². The van der Waals surface area contributed by atoms with Crippen LogP contribution in [0.2, 0.25) is 5.02 Å². The van der Waals surface area contributed by atoms with Crippen LogP contribution >= 0.6 is 11.6 Å². The number of benzene rings is 1. The Balaban J connectivity index is 1.63. The van der Waals surface area contributed by atoms with E-state index in [2.05, 4.69) is 16.0 Å². The number of carbonyl (C=O) groups excluding carboxylic acids is 2. The van der Waals surface area contributed by atoms with Crippen LogP contribution in [0.25, 0.3) is 0 Å². The first-order valence-corrected chi connectivity index (χ1v) is 7.10. The molecular formula is C14H16ClN3O3. The third-order valence-corrected chi connectivity index (χ3v) is 3.95. The number of anilines is 2. The summed E-state index contributed by atoms with van der Waals surface area (Å²) in [4.78, 5) is 23.2. The molecule has 0 aromatic heterocycles. The van der Waals surface area contributed by atoms with Crippen LogP contribution in [0.1, 0.15) is 12.5 Å². The van der Waals surface area contributed by atoms with Gasteiger partial charge in [0, 0.05) is 18.8 Å². The van der Waals surface area contributed by atoms with Gasteiger partial charge in [0.1, 0.15) is 6.61 Å². The minimum absolute atomic E-state index is 0.0250. The third-order valence-electron chi connectivity index (χ3n) is 3.64. The van der Waals surface area contributed by atoms with Gasteiger partial charge in [0.2, 0.25) is 11.8 Å². The summed E-state index contributed by atoms with van der Waals surface area (Å²) < 4.78 is 5.56. The van der Waals surface area contributed by atoms with Gasteiger partial charge in [-0.15, -0.1) is 0 Å². The van der Waals surface area contributed by atoms with E-state index in [0.29, 0.717) is 22.8 Å². The maximum absolute atomic E-state index is 11.9. The van der Waals surface area contributed by atoms with Crippen LogP contribution in [0.3, 0.4) is 0 Å². The van der Waals surface area contributed by atoms with Gasteiger partial charge in [-0.25, -0.2) is 0 Å². The number of ether oxygens (including phenoxy) is 1. The molecule has 0 saturated carbocycles. The van der Waals surface area contributed by atoms with Crippen molar-refractivity contribution < 1.29 is 14.3 Å². The topological polar surface area (TPSA) is 79.5 Å². The van der Waals surface area contributed by atoms with Gasteiger partial charge in [0.05, 0.1) is 22.7 Å². The lowest BCUT2D eigenvalue weighted by molar-refractivity contribution is -0.130. The first kappa shape index (κ1) is 14.3. The van der Waals surface area contributed by atoms with E-state index < -0.39 is 0 Å². The highest BCUT2D eigenvalue weighted by atomic mass is 35.5. The van der Waals surface area contributed by atoms with Crippen LogP contribution in [0.5, 0.6) is 0 Å². The van der Waals surface area contributed by atoms with E-state index in [1.54, 1.807) is 12.1 Å². The second kappa shape index (κ2) is 5.29. The molecule has 0 radical (unpaired) electrons. The van der Waals surface area contributed by atoms with Crippen molar-refractivity contribution in [2.24, 2.45) is 0 Å². The Labute approximate surface area is 127 Å². The van der Waals surface area contributed by atoms with Crippen molar-refractivity contribution in [3.05, 3.63) is 22.7 Å². The maximum atomic E-state index is 11.9. The normalized spacial score (nSPS) is 18.7. The molecule has 0 unspecified atom stereocenters. The highest BCUT2D eigenvalue weighted by Crippen LogP contribution is 2.32. The number of hydrogen-bond acceptors (Lipinski definition) is 4. The molecule has 2 amide bonds. The fraction of sp³-hybridized carbons (Fsp3) is 0.429. The van der Waals surface area contributed by atoms with E-state index in [9.17, 15) is 9.59 Å². The SMILES string of the molecule is CC1(OCC(=O)Nc2cc3c(cc2Cl)NC(=O)C3)CNC1. The van der Waals surface area contributed by atoms with Gasteiger partial charge in [-0.3, -0.25) is 9.59 Å². The van der Waals surface area contributed by atoms with E-state index in [4.69, 9.17) is 16.3 Å². The third kappa shape index (κ3) is 3.02. The Morgan fingerprint density at radius 3 is 2.90 bits per heavy atom. The molecule has 3 N–H and O–H groups in total. The first-order valence-electron chi connectivity index (χ1n) is 6.72. The molecule has 3 rings (SSSR count). The summed E-state index contributed by atoms with van der Waals surface area (Å²) >= 11 is 6.11. The molecule has 21 heavy (non-hydrogen) atoms. The molecule has 1 fully saturated rings. The monoisotopic (exact) mass is 309 g/mol. The van der Waals surface area contributed by atoms with E-state index in [-0.39, 0.29) is 24.0 Å². The smallest absolute Gasteiger partial charge is 0.250 e. The van der Waals surface area contributed by atoms with Gasteiger partial charge in [-0.2, -0.15) is 0 Å². The van der Waals surface area contributed by atoms with E-state index >= 15 is 0 Å². The molecule has 2 heterocycles. The average molecular weight is 310 g/mol. The number of nitrogens with one attached hydrogen (secondary N) is 3. The van der Waals surface area contributed by atoms with Gasteiger partial charge in [-0.05, 0) is 24.6 Å². The van der Waals surface area contributed by atoms with Crippen LogP contribution in [0, 0.1) is 0 Å². The Morgan fingerprint density at radius 1 is 1.48 bits per heavy atom. The number of fused-ring (bicyclic) bond motifs is 1. The Morgan fingerprint density at radius 2 is 2.24 bits per heavy atom. The average Bonchev–Trinajstić information content (AvgIpc) is 2.74. The van der Waals surface area contributed by atoms with Crippen molar-refractivity contribution in [2.75, 3.05) is 30.3 Å². The van der Waals surface area contributed by atoms with Gasteiger partial charge in [0.15, 0.2) is 0 Å². The molecule has 0 bridgehead atoms. The molecule has 0 spiro atoms. The fourth-order valence-corrected chi connectivity index (χ4v) is 2.56. The van der Waals surface area contributed by atoms with Crippen molar-refractivity contribution in [3.63, 3.8) is 0 Å². The summed E-state index contributed by atoms with van der Waals surface area (Å²) in [6, 6.07) is 3.37. The zero-order chi connectivity index (χ0) is 15.0. The molecule has 112 valence electrons. The number of carbonyl (C=O) groups is 2. The molecular weight excluding hydrogens is 294 g/mol. The molecule has 7 heteroatoms. The summed E-state index contributed by atoms with van der Waals surface area (Å²) in [7, 11) is 0. The number of amides is 2. The first-order chi connectivity index (χ1) is 9.95. The van der Waals surface area contributed by atoms with E-state index in [0.717, 1.165) is 18.7 Å². The van der Waals surface area contributed by atoms with Crippen LogP contribution < -0.4 is 16.0 Å². The van der Waals surface area contributed by atoms with Gasteiger partial charge in [0.25, 0.3) is 0 Å². The van der Waals surface area contributed by atoms with Gasteiger partial charge >= 0.3 is 0 Å². The summed E-state index contributed by atoms with van der Waals surface area (Å²) in [5.74, 6) is -0.333. The second-order valence-corrected chi connectivity index (χ2v) is 6.01. The van der Waals surface area contributed by atoms with Crippen molar-refractivity contribution >= 4 is 34.8 Å². The summed E-state index contributed by atoms with van der Waals surface area (Å²) in [6.07, 6.45) is 0.301. The Kier molecular flexibility index (Phi) is 3.61. The highest BCUT2D eigenvalue weighted by molar-refractivity contribution is 6.34. The minimum Gasteiger partial charge on any atom is -0.363 e. The summed E-state index contributed by atoms with van der Waals surface area (Å²) in [6.45, 7) is 3.42. The quantitative estimate of drug-likeness (QED) is 0.779. The van der Waals surface area contributed by atoms with Crippen molar-refractivity contribution in [2.45, 2.75) is 18.9 Å². The fourth-order valence-electron chi connectivity index (χ4n) is 2.35. The summed E-state index contributed by atoms with van der Waals surface area (Å²) in [5, 5.41) is 8.92. The molecule has 0 atom stereocenters. The van der Waals surface area contributed by atoms with Crippen LogP contribution in [0.4, 0.5) is 11.4 Å². The van der Waals surface area contributed by atoms with Crippen molar-refractivity contribution in [3.8, 4) is 0 Å². The number of rotatable bonds is 4. The standard InChI is InChI=1S/C14H16ClN3O3/c1-14(6-16-7-14)21-5-13(20)18-11-2-8-3-12(19)17-10(8)4-9(11)15/h2,4,16H,3,5-7H2,1H3,(H,17,19)(H,18,20). The largest absolute Gasteiger partial charge is 0.363 e. The second-order valence-electron chi connectivity index (χ2n) is 5.60. The predicted molar refractivity (Wildman–Crippen MR) is 79.6 cm³/mol. The van der Waals surface area contributed by atoms with Crippen molar-refractivity contribution in [1.82, 2.24) is 5.32 Å². The zero-order valence-electron chi connectivity index (χ0n) is 11.6. The van der Waals surface area contributed by atoms with Crippen LogP contribution in [-0.2, 0) is 20.7 Å². The lowest BCUT2D eigenvalue weighted by Crippen LogP contribution is -2.59. The minimum atomic E-state index is -0.268. The zero-order valence-corrected chi connectivity index (χ0v) is 12.3. The lowest BCUT2D eigenvalue weighted by atomic mass is 10.0. The molecule has 2 aliphatic heterocycles. The van der Waals surface area contributed by atoms with E-state index in [1.807, 2.05) is 6.92 Å². The molecule has 0 aliphatic carbocycles. The van der Waals surface area contributed by atoms with Crippen molar-refractivity contribution in [1.29, 1.82) is 0 Å². The van der Waals surface area contributed by atoms with Crippen LogP contribution in [-0.4, -0.2) is 37.1 Å². The summed E-state index contributed by atoms with van der Waals surface area (Å²) in [5.41, 5.74) is 1.76. The molecule has 1 saturated heterocycles. The maximum Gasteiger partial charge on any atom is 0.250 e. The number of hydrogen-bond donors (Lipinski definition) is 3.